The van der Waals surface area contributed by atoms with Crippen molar-refractivity contribution in [1.82, 2.24) is 15.2 Å². The summed E-state index contributed by atoms with van der Waals surface area (Å²) >= 11 is 3.68. The van der Waals surface area contributed by atoms with Crippen molar-refractivity contribution in [2.24, 2.45) is 5.16 Å². The maximum absolute atomic E-state index is 13.4. The summed E-state index contributed by atoms with van der Waals surface area (Å²) in [5.74, 6) is -4.86. The van der Waals surface area contributed by atoms with E-state index < -0.39 is 58.5 Å². The molecule has 3 atom stereocenters. The average Bonchev–Trinajstić information content (AvgIpc) is 3.47. The number of carboxylic acids is 2. The predicted molar refractivity (Wildman–Crippen MR) is 167 cm³/mol. The Bertz CT molecular complexity index is 1760. The Labute approximate surface area is 272 Å². The highest BCUT2D eigenvalue weighted by Crippen LogP contribution is 2.41. The molecule has 3 aromatic rings. The van der Waals surface area contributed by atoms with Gasteiger partial charge in [0.1, 0.15) is 22.8 Å². The number of carbonyl (C=O) groups excluding carboxylic acids is 2. The fourth-order valence-electron chi connectivity index (χ4n) is 4.49. The highest BCUT2D eigenvalue weighted by atomic mass is 32.2. The third-order valence-electron chi connectivity index (χ3n) is 6.76. The summed E-state index contributed by atoms with van der Waals surface area (Å²) in [6.07, 6.45) is 1.82. The Morgan fingerprint density at radius 1 is 1.22 bits per heavy atom. The van der Waals surface area contributed by atoms with Crippen LogP contribution in [-0.4, -0.2) is 89.7 Å². The number of benzene rings is 1. The zero-order valence-corrected chi connectivity index (χ0v) is 26.1. The molecule has 0 radical (unpaired) electrons. The molecule has 1 aromatic carbocycles. The third kappa shape index (κ3) is 6.65. The van der Waals surface area contributed by atoms with Crippen LogP contribution in [0, 0.1) is 0 Å². The number of rotatable bonds is 12. The van der Waals surface area contributed by atoms with Gasteiger partial charge in [-0.2, -0.15) is 5.43 Å². The number of aliphatic carboxylic acids is 2. The number of aromatic nitrogens is 2. The van der Waals surface area contributed by atoms with Crippen molar-refractivity contribution in [3.05, 3.63) is 70.6 Å². The molecule has 5 rings (SSSR count). The Balaban J connectivity index is 1.34. The molecule has 0 saturated carbocycles. The number of carboxylic acid groups (broad SMARTS) is 2. The van der Waals surface area contributed by atoms with E-state index in [2.05, 4.69) is 20.9 Å². The zero-order valence-electron chi connectivity index (χ0n) is 23.7. The number of nitrogen functional groups attached to an aromatic ring is 1. The summed E-state index contributed by atoms with van der Waals surface area (Å²) in [5.41, 5.74) is 8.43. The number of fused-ring (bicyclic) bond motifs is 1. The molecule has 0 spiro atoms. The largest absolute Gasteiger partial charge is 0.504 e. The summed E-state index contributed by atoms with van der Waals surface area (Å²) in [4.78, 5) is 62.2. The predicted octanol–water partition coefficient (Wildman–Crippen LogP) is 0.675. The van der Waals surface area contributed by atoms with E-state index >= 15 is 0 Å². The minimum atomic E-state index is -1.81. The van der Waals surface area contributed by atoms with Gasteiger partial charge in [0.15, 0.2) is 22.3 Å². The van der Waals surface area contributed by atoms with Gasteiger partial charge in [-0.1, -0.05) is 15.9 Å². The SMILES string of the molecule is CN[n+]1ccc(SCC2=C(C(=O)O)N3C(=O)[C@@H](NC(=O)/C(=N\O[C@@H](C(=O)O)c4ccc(O)c(O)c4)c4csc(N)n4)[C@H]3SC2)cc1. The first-order chi connectivity index (χ1) is 22.0. The highest BCUT2D eigenvalue weighted by Gasteiger charge is 2.54. The summed E-state index contributed by atoms with van der Waals surface area (Å²) in [6.45, 7) is 0. The molecule has 4 heterocycles. The molecule has 19 heteroatoms. The molecule has 8 N–H and O–H groups in total. The fourth-order valence-corrected chi connectivity index (χ4v) is 7.41. The van der Waals surface area contributed by atoms with Crippen molar-refractivity contribution in [2.75, 3.05) is 29.7 Å². The van der Waals surface area contributed by atoms with Gasteiger partial charge >= 0.3 is 11.9 Å². The van der Waals surface area contributed by atoms with Crippen molar-refractivity contribution >= 4 is 69.5 Å². The van der Waals surface area contributed by atoms with E-state index in [1.54, 1.807) is 11.7 Å². The van der Waals surface area contributed by atoms with Crippen LogP contribution in [0.3, 0.4) is 0 Å². The molecular weight excluding hydrogens is 663 g/mol. The summed E-state index contributed by atoms with van der Waals surface area (Å²) in [7, 11) is 1.77. The smallest absolute Gasteiger partial charge is 0.352 e. The first-order valence-electron chi connectivity index (χ1n) is 13.2. The maximum Gasteiger partial charge on any atom is 0.352 e. The van der Waals surface area contributed by atoms with Crippen LogP contribution < -0.4 is 21.2 Å². The van der Waals surface area contributed by atoms with Gasteiger partial charge in [0.25, 0.3) is 11.8 Å². The van der Waals surface area contributed by atoms with Crippen LogP contribution >= 0.6 is 34.9 Å². The van der Waals surface area contributed by atoms with Crippen molar-refractivity contribution in [1.29, 1.82) is 0 Å². The molecule has 46 heavy (non-hydrogen) atoms. The fraction of sp³-hybridized carbons (Fsp3) is 0.222. The van der Waals surface area contributed by atoms with E-state index in [1.165, 1.54) is 35.0 Å². The number of carbonyl (C=O) groups is 4. The van der Waals surface area contributed by atoms with E-state index in [1.807, 2.05) is 24.5 Å². The van der Waals surface area contributed by atoms with Crippen molar-refractivity contribution < 1.29 is 49.1 Å². The monoisotopic (exact) mass is 688 g/mol. The normalized spacial score (nSPS) is 18.3. The van der Waals surface area contributed by atoms with E-state index in [4.69, 9.17) is 10.6 Å². The quantitative estimate of drug-likeness (QED) is 0.0346. The Hall–Kier alpha value is -5.01. The Kier molecular flexibility index (Phi) is 9.54. The van der Waals surface area contributed by atoms with Crippen LogP contribution in [0.4, 0.5) is 5.13 Å². The van der Waals surface area contributed by atoms with Gasteiger partial charge < -0.3 is 36.3 Å². The summed E-state index contributed by atoms with van der Waals surface area (Å²) in [6, 6.07) is 5.82. The van der Waals surface area contributed by atoms with Gasteiger partial charge in [-0.05, 0) is 17.7 Å². The summed E-state index contributed by atoms with van der Waals surface area (Å²) < 4.78 is 1.75. The van der Waals surface area contributed by atoms with Crippen molar-refractivity contribution in [3.63, 3.8) is 0 Å². The lowest BCUT2D eigenvalue weighted by molar-refractivity contribution is -0.647. The lowest BCUT2D eigenvalue weighted by Crippen LogP contribution is -2.71. The van der Waals surface area contributed by atoms with Gasteiger partial charge in [0, 0.05) is 39.5 Å². The number of thioether (sulfide) groups is 2. The second-order valence-corrected chi connectivity index (χ2v) is 12.7. The number of phenolic OH excluding ortho intramolecular Hbond substituents is 2. The van der Waals surface area contributed by atoms with Crippen LogP contribution in [0.15, 0.2) is 69.4 Å². The number of anilines is 1. The van der Waals surface area contributed by atoms with Crippen LogP contribution in [0.5, 0.6) is 11.5 Å². The topological polar surface area (TPSA) is 241 Å². The first kappa shape index (κ1) is 32.4. The number of nitrogens with zero attached hydrogens (tertiary/aromatic N) is 4. The van der Waals surface area contributed by atoms with Crippen LogP contribution in [0.2, 0.25) is 0 Å². The minimum Gasteiger partial charge on any atom is -0.504 e. The number of amides is 2. The lowest BCUT2D eigenvalue weighted by Gasteiger charge is -2.49. The van der Waals surface area contributed by atoms with Gasteiger partial charge in [0.05, 0.1) is 7.05 Å². The maximum atomic E-state index is 13.4. The number of oxime groups is 1. The number of β-lactam (4-membered cyclic amide) rings is 1. The Morgan fingerprint density at radius 3 is 2.57 bits per heavy atom. The molecule has 2 amide bonds. The molecule has 240 valence electrons. The zero-order chi connectivity index (χ0) is 33.1. The van der Waals surface area contributed by atoms with Crippen LogP contribution in [-0.2, 0) is 24.0 Å². The standard InChI is InChI=1S/C27H25N7O9S3/c1-29-33-6-4-14(5-7-33)44-9-13-10-45-24-19(23(38)34(24)20(13)25(39)40)31-22(37)18(15-11-46-27(28)30-15)32-43-21(26(41)42)12-2-3-16(35)17(36)8-12/h2-8,11,19,21,24,29H,9-10H2,1H3,(H6-,28,30,31,32,35,36,37,39,40,41,42)/p+1/t19-,21-,24-/m1/s1. The molecule has 2 aliphatic heterocycles. The second kappa shape index (κ2) is 13.5. The number of nitrogens with one attached hydrogen (secondary N) is 2. The second-order valence-electron chi connectivity index (χ2n) is 9.65. The molecule has 1 fully saturated rings. The molecule has 2 aromatic heterocycles. The van der Waals surface area contributed by atoms with E-state index in [-0.39, 0.29) is 22.1 Å². The van der Waals surface area contributed by atoms with E-state index in [9.17, 15) is 39.6 Å². The van der Waals surface area contributed by atoms with Crippen molar-refractivity contribution in [3.8, 4) is 11.5 Å². The van der Waals surface area contributed by atoms with Crippen LogP contribution in [0.1, 0.15) is 17.4 Å². The minimum absolute atomic E-state index is 0.0656. The highest BCUT2D eigenvalue weighted by molar-refractivity contribution is 8.01. The first-order valence-corrected chi connectivity index (χ1v) is 16.1. The number of hydrogen-bond donors (Lipinski definition) is 7. The lowest BCUT2D eigenvalue weighted by atomic mass is 10.0. The molecule has 2 aliphatic rings. The van der Waals surface area contributed by atoms with Gasteiger partial charge in [-0.15, -0.1) is 34.9 Å². The number of phenols is 2. The van der Waals surface area contributed by atoms with Crippen molar-refractivity contribution in [2.45, 2.75) is 22.4 Å². The van der Waals surface area contributed by atoms with E-state index in [0.29, 0.717) is 17.1 Å². The number of thiazole rings is 1. The molecule has 1 saturated heterocycles. The van der Waals surface area contributed by atoms with Gasteiger partial charge in [0.2, 0.25) is 18.5 Å². The van der Waals surface area contributed by atoms with E-state index in [0.717, 1.165) is 33.3 Å². The molecular formula is C27H26N7O9S3+. The van der Waals surface area contributed by atoms with Gasteiger partial charge in [-0.25, -0.2) is 14.6 Å². The molecule has 0 bridgehead atoms. The van der Waals surface area contributed by atoms with Gasteiger partial charge in [-0.3, -0.25) is 14.5 Å². The summed E-state index contributed by atoms with van der Waals surface area (Å²) in [5, 5.41) is 46.1. The number of pyridine rings is 1. The third-order valence-corrected chi connectivity index (χ3v) is 9.87. The Morgan fingerprint density at radius 2 is 1.96 bits per heavy atom. The average molecular weight is 689 g/mol. The molecule has 0 aliphatic carbocycles. The number of aromatic hydroxyl groups is 2. The molecule has 0 unspecified atom stereocenters. The number of nitrogens with two attached hydrogens (primary N) is 1. The number of hydrogen-bond acceptors (Lipinski definition) is 14. The molecule has 16 nitrogen and oxygen atoms in total. The van der Waals surface area contributed by atoms with Crippen LogP contribution in [0.25, 0.3) is 0 Å².